The van der Waals surface area contributed by atoms with Crippen molar-refractivity contribution in [2.45, 2.75) is 13.5 Å². The molecule has 7 heteroatoms. The number of nitro benzene ring substituents is 1. The first-order valence-corrected chi connectivity index (χ1v) is 6.43. The van der Waals surface area contributed by atoms with E-state index in [0.29, 0.717) is 6.54 Å². The maximum absolute atomic E-state index is 12.2. The van der Waals surface area contributed by atoms with E-state index in [1.165, 1.54) is 18.2 Å². The zero-order valence-electron chi connectivity index (χ0n) is 11.5. The van der Waals surface area contributed by atoms with Crippen LogP contribution in [0.3, 0.4) is 0 Å². The fourth-order valence-electron chi connectivity index (χ4n) is 1.89. The number of benzene rings is 1. The van der Waals surface area contributed by atoms with Gasteiger partial charge in [0.25, 0.3) is 5.91 Å². The molecule has 2 aromatic rings. The third-order valence-corrected chi connectivity index (χ3v) is 2.84. The fraction of sp³-hybridized carbons (Fsp3) is 0.214. The summed E-state index contributed by atoms with van der Waals surface area (Å²) in [5.41, 5.74) is 0.847. The number of aromatic nitrogens is 1. The summed E-state index contributed by atoms with van der Waals surface area (Å²) in [6, 6.07) is 6.11. The number of hydrogen-bond donors (Lipinski definition) is 2. The summed E-state index contributed by atoms with van der Waals surface area (Å²) in [5, 5.41) is 13.7. The van der Waals surface area contributed by atoms with Gasteiger partial charge < -0.3 is 15.0 Å². The number of carbonyl (C=O) groups excluding carboxylic acids is 1. The van der Waals surface area contributed by atoms with Gasteiger partial charge in [-0.15, -0.1) is 0 Å². The molecule has 0 radical (unpaired) electrons. The summed E-state index contributed by atoms with van der Waals surface area (Å²) in [6.45, 7) is 2.28. The van der Waals surface area contributed by atoms with Crippen LogP contribution >= 0.6 is 0 Å². The highest BCUT2D eigenvalue weighted by Crippen LogP contribution is 2.30. The number of carbonyl (C=O) groups is 1. The van der Waals surface area contributed by atoms with Gasteiger partial charge in [-0.25, -0.2) is 0 Å². The molecule has 1 aromatic carbocycles. The van der Waals surface area contributed by atoms with Gasteiger partial charge in [0.1, 0.15) is 0 Å². The number of nitrogens with one attached hydrogen (secondary N) is 2. The summed E-state index contributed by atoms with van der Waals surface area (Å²) in [5.74, 6) is -0.417. The normalized spacial score (nSPS) is 10.1. The van der Waals surface area contributed by atoms with Crippen LogP contribution < -0.4 is 10.1 Å². The number of para-hydroxylation sites is 1. The highest BCUT2D eigenvalue weighted by Gasteiger charge is 2.22. The minimum Gasteiger partial charge on any atom is -0.487 e. The van der Waals surface area contributed by atoms with E-state index in [9.17, 15) is 14.9 Å². The highest BCUT2D eigenvalue weighted by molar-refractivity contribution is 5.98. The second kappa shape index (κ2) is 6.56. The van der Waals surface area contributed by atoms with Crippen LogP contribution in [-0.2, 0) is 6.54 Å². The molecule has 1 aromatic heterocycles. The minimum atomic E-state index is -0.562. The standard InChI is InChI=1S/C14H15N3O4/c1-2-21-13-11(4-3-5-12(13)17(19)20)14(18)16-9-10-6-7-15-8-10/h3-8,15H,2,9H2,1H3,(H,16,18). The SMILES string of the molecule is CCOc1c(C(=O)NCc2cc[nH]c2)cccc1[N+](=O)[O-]. The second-order valence-electron chi connectivity index (χ2n) is 4.25. The Morgan fingerprint density at radius 1 is 1.43 bits per heavy atom. The number of rotatable bonds is 6. The van der Waals surface area contributed by atoms with E-state index in [4.69, 9.17) is 4.74 Å². The maximum Gasteiger partial charge on any atom is 0.311 e. The maximum atomic E-state index is 12.2. The number of nitro groups is 1. The predicted molar refractivity (Wildman–Crippen MR) is 76.2 cm³/mol. The van der Waals surface area contributed by atoms with Crippen molar-refractivity contribution in [1.82, 2.24) is 10.3 Å². The third-order valence-electron chi connectivity index (χ3n) is 2.84. The van der Waals surface area contributed by atoms with E-state index in [1.54, 1.807) is 19.3 Å². The van der Waals surface area contributed by atoms with Crippen molar-refractivity contribution in [1.29, 1.82) is 0 Å². The van der Waals surface area contributed by atoms with Gasteiger partial charge in [0.15, 0.2) is 0 Å². The van der Waals surface area contributed by atoms with Gasteiger partial charge in [-0.2, -0.15) is 0 Å². The van der Waals surface area contributed by atoms with Crippen molar-refractivity contribution in [3.63, 3.8) is 0 Å². The molecule has 2 N–H and O–H groups in total. The zero-order valence-corrected chi connectivity index (χ0v) is 11.5. The first-order chi connectivity index (χ1) is 10.1. The lowest BCUT2D eigenvalue weighted by molar-refractivity contribution is -0.385. The molecular formula is C14H15N3O4. The van der Waals surface area contributed by atoms with Gasteiger partial charge >= 0.3 is 5.69 Å². The van der Waals surface area contributed by atoms with E-state index in [0.717, 1.165) is 5.56 Å². The topological polar surface area (TPSA) is 97.3 Å². The molecule has 1 heterocycles. The molecule has 0 bridgehead atoms. The van der Waals surface area contributed by atoms with Crippen LogP contribution in [-0.4, -0.2) is 22.4 Å². The van der Waals surface area contributed by atoms with Crippen molar-refractivity contribution >= 4 is 11.6 Å². The van der Waals surface area contributed by atoms with Crippen LogP contribution in [0.2, 0.25) is 0 Å². The molecule has 0 unspecified atom stereocenters. The lowest BCUT2D eigenvalue weighted by Gasteiger charge is -2.10. The summed E-state index contributed by atoms with van der Waals surface area (Å²) in [6.07, 6.45) is 3.51. The van der Waals surface area contributed by atoms with Crippen LogP contribution in [0, 0.1) is 10.1 Å². The summed E-state index contributed by atoms with van der Waals surface area (Å²) in [7, 11) is 0. The highest BCUT2D eigenvalue weighted by atomic mass is 16.6. The lowest BCUT2D eigenvalue weighted by Crippen LogP contribution is -2.23. The average molecular weight is 289 g/mol. The van der Waals surface area contributed by atoms with Crippen molar-refractivity contribution in [2.24, 2.45) is 0 Å². The lowest BCUT2D eigenvalue weighted by atomic mass is 10.1. The predicted octanol–water partition coefficient (Wildman–Crippen LogP) is 2.25. The van der Waals surface area contributed by atoms with Gasteiger partial charge in [-0.3, -0.25) is 14.9 Å². The summed E-state index contributed by atoms with van der Waals surface area (Å²) < 4.78 is 5.28. The van der Waals surface area contributed by atoms with Gasteiger partial charge in [-0.1, -0.05) is 6.07 Å². The molecule has 0 aliphatic carbocycles. The quantitative estimate of drug-likeness (QED) is 0.629. The van der Waals surface area contributed by atoms with Gasteiger partial charge in [0.05, 0.1) is 17.1 Å². The Morgan fingerprint density at radius 3 is 2.86 bits per heavy atom. The van der Waals surface area contributed by atoms with E-state index < -0.39 is 10.8 Å². The zero-order chi connectivity index (χ0) is 15.2. The minimum absolute atomic E-state index is 0.00318. The Balaban J connectivity index is 2.23. The third kappa shape index (κ3) is 3.38. The van der Waals surface area contributed by atoms with Crippen molar-refractivity contribution in [3.05, 3.63) is 57.9 Å². The molecule has 110 valence electrons. The van der Waals surface area contributed by atoms with E-state index >= 15 is 0 Å². The molecule has 7 nitrogen and oxygen atoms in total. The Bertz CT molecular complexity index is 638. The number of H-pyrrole nitrogens is 1. The monoisotopic (exact) mass is 289 g/mol. The molecule has 0 saturated heterocycles. The van der Waals surface area contributed by atoms with E-state index in [-0.39, 0.29) is 23.6 Å². The van der Waals surface area contributed by atoms with Gasteiger partial charge in [0, 0.05) is 25.0 Å². The van der Waals surface area contributed by atoms with Crippen LogP contribution in [0.4, 0.5) is 5.69 Å². The number of ether oxygens (including phenoxy) is 1. The number of nitrogens with zero attached hydrogens (tertiary/aromatic N) is 1. The Labute approximate surface area is 121 Å². The molecular weight excluding hydrogens is 274 g/mol. The van der Waals surface area contributed by atoms with Crippen molar-refractivity contribution in [2.75, 3.05) is 6.61 Å². The second-order valence-corrected chi connectivity index (χ2v) is 4.25. The largest absolute Gasteiger partial charge is 0.487 e. The Morgan fingerprint density at radius 2 is 2.24 bits per heavy atom. The first kappa shape index (κ1) is 14.6. The molecule has 1 amide bonds. The summed E-state index contributed by atoms with van der Waals surface area (Å²) >= 11 is 0. The molecule has 0 saturated carbocycles. The molecule has 0 spiro atoms. The van der Waals surface area contributed by atoms with Crippen molar-refractivity contribution in [3.8, 4) is 5.75 Å². The molecule has 2 rings (SSSR count). The smallest absolute Gasteiger partial charge is 0.311 e. The molecule has 21 heavy (non-hydrogen) atoms. The number of aromatic amines is 1. The van der Waals surface area contributed by atoms with Gasteiger partial charge in [0.2, 0.25) is 5.75 Å². The molecule has 0 aliphatic heterocycles. The number of hydrogen-bond acceptors (Lipinski definition) is 4. The summed E-state index contributed by atoms with van der Waals surface area (Å²) in [4.78, 5) is 25.5. The van der Waals surface area contributed by atoms with Crippen LogP contribution in [0.5, 0.6) is 5.75 Å². The first-order valence-electron chi connectivity index (χ1n) is 6.43. The average Bonchev–Trinajstić information content (AvgIpc) is 2.98. The fourth-order valence-corrected chi connectivity index (χ4v) is 1.89. The van der Waals surface area contributed by atoms with Crippen LogP contribution in [0.1, 0.15) is 22.8 Å². The Kier molecular flexibility index (Phi) is 4.55. The van der Waals surface area contributed by atoms with Crippen LogP contribution in [0.15, 0.2) is 36.7 Å². The van der Waals surface area contributed by atoms with Crippen LogP contribution in [0.25, 0.3) is 0 Å². The molecule has 0 fully saturated rings. The molecule has 0 aliphatic rings. The van der Waals surface area contributed by atoms with E-state index in [1.807, 2.05) is 6.07 Å². The van der Waals surface area contributed by atoms with Gasteiger partial charge in [-0.05, 0) is 24.6 Å². The number of amides is 1. The Hall–Kier alpha value is -2.83. The van der Waals surface area contributed by atoms with E-state index in [2.05, 4.69) is 10.3 Å². The molecule has 0 atom stereocenters. The van der Waals surface area contributed by atoms with Crippen molar-refractivity contribution < 1.29 is 14.5 Å².